The smallest absolute Gasteiger partial charge is 0.225 e. The lowest BCUT2D eigenvalue weighted by Crippen LogP contribution is -2.45. The van der Waals surface area contributed by atoms with Crippen LogP contribution < -0.4 is 5.32 Å². The first-order valence-corrected chi connectivity index (χ1v) is 12.1. The predicted molar refractivity (Wildman–Crippen MR) is 119 cm³/mol. The summed E-state index contributed by atoms with van der Waals surface area (Å²) in [7, 11) is 0. The minimum atomic E-state index is -0.292. The number of hydrogen-bond acceptors (Lipinski definition) is 2. The number of carbonyl (C=O) groups is 2. The van der Waals surface area contributed by atoms with Crippen molar-refractivity contribution in [3.63, 3.8) is 0 Å². The van der Waals surface area contributed by atoms with Crippen LogP contribution in [0.4, 0.5) is 0 Å². The lowest BCUT2D eigenvalue weighted by Gasteiger charge is -2.36. The van der Waals surface area contributed by atoms with Gasteiger partial charge in [0.05, 0.1) is 0 Å². The summed E-state index contributed by atoms with van der Waals surface area (Å²) in [6, 6.07) is 0.245. The van der Waals surface area contributed by atoms with E-state index in [0.717, 1.165) is 57.8 Å². The molecule has 1 atom stereocenters. The molecule has 0 heterocycles. The van der Waals surface area contributed by atoms with Crippen molar-refractivity contribution >= 4 is 11.7 Å². The zero-order valence-corrected chi connectivity index (χ0v) is 19.7. The molecule has 164 valence electrons. The van der Waals surface area contributed by atoms with E-state index < -0.39 is 0 Å². The summed E-state index contributed by atoms with van der Waals surface area (Å²) in [5.41, 5.74) is -0.439. The van der Waals surface area contributed by atoms with Crippen molar-refractivity contribution in [2.75, 3.05) is 0 Å². The zero-order valence-electron chi connectivity index (χ0n) is 19.7. The lowest BCUT2D eigenvalue weighted by molar-refractivity contribution is -0.134. The van der Waals surface area contributed by atoms with Crippen molar-refractivity contribution in [2.24, 2.45) is 16.7 Å². The van der Waals surface area contributed by atoms with Gasteiger partial charge in [0.15, 0.2) is 0 Å². The van der Waals surface area contributed by atoms with Crippen LogP contribution in [0.15, 0.2) is 0 Å². The predicted octanol–water partition coefficient (Wildman–Crippen LogP) is 6.83. The molecule has 0 saturated heterocycles. The van der Waals surface area contributed by atoms with Crippen molar-refractivity contribution in [3.05, 3.63) is 0 Å². The fourth-order valence-corrected chi connectivity index (χ4v) is 4.98. The van der Waals surface area contributed by atoms with E-state index in [1.54, 1.807) is 0 Å². The monoisotopic (exact) mass is 393 g/mol. The first-order chi connectivity index (χ1) is 13.2. The Hall–Kier alpha value is -0.860. The molecule has 0 spiro atoms. The molecule has 0 aromatic rings. The number of ketones is 1. The molecule has 1 aliphatic carbocycles. The quantitative estimate of drug-likeness (QED) is 0.348. The maximum Gasteiger partial charge on any atom is 0.225 e. The van der Waals surface area contributed by atoms with Crippen LogP contribution in [0, 0.1) is 16.7 Å². The van der Waals surface area contributed by atoms with Crippen molar-refractivity contribution in [1.29, 1.82) is 0 Å². The third-order valence-electron chi connectivity index (χ3n) is 6.90. The van der Waals surface area contributed by atoms with E-state index in [4.69, 9.17) is 0 Å². The fourth-order valence-electron chi connectivity index (χ4n) is 4.98. The number of unbranched alkanes of at least 4 members (excludes halogenated alkanes) is 3. The molecule has 0 radical (unpaired) electrons. The van der Waals surface area contributed by atoms with Gasteiger partial charge in [-0.05, 0) is 44.9 Å². The van der Waals surface area contributed by atoms with E-state index in [9.17, 15) is 9.59 Å². The van der Waals surface area contributed by atoms with Gasteiger partial charge in [0.25, 0.3) is 0 Å². The Kier molecular flexibility index (Phi) is 10.8. The van der Waals surface area contributed by atoms with Gasteiger partial charge < -0.3 is 5.32 Å². The maximum atomic E-state index is 13.4. The fraction of sp³-hybridized carbons (Fsp3) is 0.920. The summed E-state index contributed by atoms with van der Waals surface area (Å²) in [4.78, 5) is 25.9. The number of amides is 1. The van der Waals surface area contributed by atoms with E-state index in [1.807, 2.05) is 13.8 Å². The average Bonchev–Trinajstić information content (AvgIpc) is 2.65. The van der Waals surface area contributed by atoms with Crippen LogP contribution in [0.1, 0.15) is 125 Å². The maximum absolute atomic E-state index is 13.4. The highest BCUT2D eigenvalue weighted by atomic mass is 16.2. The summed E-state index contributed by atoms with van der Waals surface area (Å²) in [5.74, 6) is 0.873. The van der Waals surface area contributed by atoms with Gasteiger partial charge in [-0.25, -0.2) is 0 Å². The van der Waals surface area contributed by atoms with Crippen LogP contribution in [0.2, 0.25) is 0 Å². The molecule has 28 heavy (non-hydrogen) atoms. The topological polar surface area (TPSA) is 46.2 Å². The minimum Gasteiger partial charge on any atom is -0.353 e. The summed E-state index contributed by atoms with van der Waals surface area (Å²) < 4.78 is 0. The second-order valence-electron chi connectivity index (χ2n) is 10.1. The second-order valence-corrected chi connectivity index (χ2v) is 10.1. The Labute approximate surface area is 174 Å². The molecule has 0 aromatic carbocycles. The van der Waals surface area contributed by atoms with Crippen LogP contribution in [-0.2, 0) is 9.59 Å². The molecular formula is C25H47NO2. The Morgan fingerprint density at radius 1 is 0.786 bits per heavy atom. The average molecular weight is 394 g/mol. The van der Waals surface area contributed by atoms with Crippen molar-refractivity contribution < 1.29 is 9.59 Å². The van der Waals surface area contributed by atoms with E-state index in [2.05, 4.69) is 33.0 Å². The van der Waals surface area contributed by atoms with Crippen molar-refractivity contribution in [3.8, 4) is 0 Å². The Morgan fingerprint density at radius 2 is 1.39 bits per heavy atom. The SMILES string of the molecule is CCCCCCC(C)(CCC)C(=O)[C@H]1CC[C@H](NC(=O)C(C)(C)CCC)CC1. The Balaban J connectivity index is 2.57. The van der Waals surface area contributed by atoms with E-state index >= 15 is 0 Å². The molecule has 0 aromatic heterocycles. The number of Topliss-reactive ketones (excluding diaryl/α,β-unsaturated/α-hetero) is 1. The molecule has 1 N–H and O–H groups in total. The molecule has 3 nitrogen and oxygen atoms in total. The summed E-state index contributed by atoms with van der Waals surface area (Å²) in [6.07, 6.45) is 13.8. The molecule has 3 heteroatoms. The van der Waals surface area contributed by atoms with Gasteiger partial charge in [-0.15, -0.1) is 0 Å². The van der Waals surface area contributed by atoms with Gasteiger partial charge in [0.1, 0.15) is 5.78 Å². The van der Waals surface area contributed by atoms with Crippen molar-refractivity contribution in [2.45, 2.75) is 131 Å². The first-order valence-electron chi connectivity index (χ1n) is 12.1. The highest BCUT2D eigenvalue weighted by Crippen LogP contribution is 2.38. The molecular weight excluding hydrogens is 346 g/mol. The van der Waals surface area contributed by atoms with E-state index in [0.29, 0.717) is 5.78 Å². The molecule has 1 rings (SSSR count). The van der Waals surface area contributed by atoms with E-state index in [-0.39, 0.29) is 28.7 Å². The molecule has 1 fully saturated rings. The Morgan fingerprint density at radius 3 is 1.93 bits per heavy atom. The van der Waals surface area contributed by atoms with Gasteiger partial charge in [-0.2, -0.15) is 0 Å². The van der Waals surface area contributed by atoms with Crippen LogP contribution in [0.5, 0.6) is 0 Å². The summed E-state index contributed by atoms with van der Waals surface area (Å²) in [5, 5.41) is 3.27. The number of nitrogens with one attached hydrogen (secondary N) is 1. The van der Waals surface area contributed by atoms with Gasteiger partial charge in [-0.3, -0.25) is 9.59 Å². The van der Waals surface area contributed by atoms with Gasteiger partial charge >= 0.3 is 0 Å². The highest BCUT2D eigenvalue weighted by molar-refractivity contribution is 5.87. The molecule has 1 unspecified atom stereocenters. The lowest BCUT2D eigenvalue weighted by atomic mass is 9.69. The first kappa shape index (κ1) is 25.2. The minimum absolute atomic E-state index is 0.146. The Bertz CT molecular complexity index is 477. The summed E-state index contributed by atoms with van der Waals surface area (Å²) >= 11 is 0. The normalized spacial score (nSPS) is 22.5. The number of carbonyl (C=O) groups excluding carboxylic acids is 2. The van der Waals surface area contributed by atoms with E-state index in [1.165, 1.54) is 25.7 Å². The van der Waals surface area contributed by atoms with Gasteiger partial charge in [-0.1, -0.05) is 80.1 Å². The van der Waals surface area contributed by atoms with Crippen LogP contribution in [0.25, 0.3) is 0 Å². The van der Waals surface area contributed by atoms with Crippen molar-refractivity contribution in [1.82, 2.24) is 5.32 Å². The number of hydrogen-bond donors (Lipinski definition) is 1. The van der Waals surface area contributed by atoms with Gasteiger partial charge in [0.2, 0.25) is 5.91 Å². The third kappa shape index (κ3) is 7.52. The summed E-state index contributed by atoms with van der Waals surface area (Å²) in [6.45, 7) is 12.8. The van der Waals surface area contributed by atoms with Crippen LogP contribution in [0.3, 0.4) is 0 Å². The molecule has 0 bridgehead atoms. The molecule has 0 aliphatic heterocycles. The van der Waals surface area contributed by atoms with Crippen LogP contribution >= 0.6 is 0 Å². The molecule has 1 saturated carbocycles. The second kappa shape index (κ2) is 12.0. The largest absolute Gasteiger partial charge is 0.353 e. The van der Waals surface area contributed by atoms with Gasteiger partial charge in [0, 0.05) is 22.8 Å². The highest BCUT2D eigenvalue weighted by Gasteiger charge is 2.38. The molecule has 1 amide bonds. The third-order valence-corrected chi connectivity index (χ3v) is 6.90. The molecule has 1 aliphatic rings. The van der Waals surface area contributed by atoms with Crippen LogP contribution in [-0.4, -0.2) is 17.7 Å². The number of rotatable bonds is 13. The standard InChI is InChI=1S/C25H47NO2/c1-7-10-11-12-19-25(6,18-9-3)22(27)20-13-15-21(16-14-20)26-23(28)24(4,5)17-8-2/h20-21H,7-19H2,1-6H3,(H,26,28)/t20-,21-,25?. The zero-order chi connectivity index (χ0) is 21.2.